The maximum atomic E-state index is 13.1. The molecule has 39 heavy (non-hydrogen) atoms. The van der Waals surface area contributed by atoms with Gasteiger partial charge in [-0.15, -0.1) is 0 Å². The van der Waals surface area contributed by atoms with Crippen LogP contribution in [0.5, 0.6) is 0 Å². The van der Waals surface area contributed by atoms with Gasteiger partial charge >= 0.3 is 0 Å². The molecular formula is C32H21Cl2N3OS. The van der Waals surface area contributed by atoms with E-state index in [2.05, 4.69) is 11.4 Å². The number of anilines is 1. The molecule has 190 valence electrons. The smallest absolute Gasteiger partial charge is 0.234 e. The molecule has 0 spiro atoms. The summed E-state index contributed by atoms with van der Waals surface area (Å²) in [6.07, 6.45) is 0. The molecule has 1 N–H and O–H groups in total. The Morgan fingerprint density at radius 2 is 1.36 bits per heavy atom. The van der Waals surface area contributed by atoms with Gasteiger partial charge in [-0.3, -0.25) is 4.79 Å². The molecule has 4 nitrogen and oxygen atoms in total. The second-order valence-corrected chi connectivity index (χ2v) is 10.4. The normalized spacial score (nSPS) is 10.6. The average molecular weight is 567 g/mol. The summed E-state index contributed by atoms with van der Waals surface area (Å²) in [5, 5.41) is 14.8. The van der Waals surface area contributed by atoms with Crippen LogP contribution in [0.1, 0.15) is 5.56 Å². The van der Waals surface area contributed by atoms with E-state index in [0.29, 0.717) is 31.9 Å². The molecule has 0 aliphatic heterocycles. The van der Waals surface area contributed by atoms with E-state index in [1.54, 1.807) is 24.3 Å². The number of nitriles is 1. The van der Waals surface area contributed by atoms with Gasteiger partial charge in [0.05, 0.1) is 17.0 Å². The number of amides is 1. The third kappa shape index (κ3) is 6.32. The molecule has 0 radical (unpaired) electrons. The third-order valence-corrected chi connectivity index (χ3v) is 7.50. The summed E-state index contributed by atoms with van der Waals surface area (Å²) in [5.74, 6) is -0.117. The number of hydrogen-bond acceptors (Lipinski definition) is 4. The second kappa shape index (κ2) is 12.2. The average Bonchev–Trinajstić information content (AvgIpc) is 2.97. The molecule has 1 heterocycles. The molecule has 0 fully saturated rings. The van der Waals surface area contributed by atoms with Gasteiger partial charge in [-0.05, 0) is 47.5 Å². The number of rotatable bonds is 7. The predicted octanol–water partition coefficient (Wildman–Crippen LogP) is 8.99. The Morgan fingerprint density at radius 3 is 2.03 bits per heavy atom. The Kier molecular flexibility index (Phi) is 8.29. The fraction of sp³-hybridized carbons (Fsp3) is 0.0312. The molecule has 0 aliphatic carbocycles. The first-order valence-electron chi connectivity index (χ1n) is 12.1. The third-order valence-electron chi connectivity index (χ3n) is 6.02. The van der Waals surface area contributed by atoms with Crippen molar-refractivity contribution < 1.29 is 4.79 Å². The molecule has 0 unspecified atom stereocenters. The molecule has 1 amide bonds. The summed E-state index contributed by atoms with van der Waals surface area (Å²) in [4.78, 5) is 17.9. The lowest BCUT2D eigenvalue weighted by molar-refractivity contribution is -0.113. The summed E-state index contributed by atoms with van der Waals surface area (Å²) in [5.41, 5.74) is 6.13. The number of carbonyl (C=O) groups is 1. The van der Waals surface area contributed by atoms with Crippen molar-refractivity contribution in [3.05, 3.63) is 125 Å². The van der Waals surface area contributed by atoms with Crippen molar-refractivity contribution in [3.8, 4) is 39.6 Å². The highest BCUT2D eigenvalue weighted by atomic mass is 35.5. The van der Waals surface area contributed by atoms with Crippen LogP contribution in [0, 0.1) is 11.3 Å². The van der Waals surface area contributed by atoms with Crippen LogP contribution in [-0.2, 0) is 4.79 Å². The summed E-state index contributed by atoms with van der Waals surface area (Å²) < 4.78 is 0. The fourth-order valence-corrected chi connectivity index (χ4v) is 5.20. The van der Waals surface area contributed by atoms with Gasteiger partial charge in [0.25, 0.3) is 0 Å². The number of para-hydroxylation sites is 1. The number of nitrogens with one attached hydrogen (secondary N) is 1. The monoisotopic (exact) mass is 565 g/mol. The van der Waals surface area contributed by atoms with Crippen LogP contribution >= 0.6 is 35.0 Å². The zero-order valence-electron chi connectivity index (χ0n) is 20.6. The van der Waals surface area contributed by atoms with Crippen LogP contribution in [0.25, 0.3) is 33.5 Å². The molecule has 5 rings (SSSR count). The SMILES string of the molecule is N#Cc1c(-c2ccc(Cl)cc2)cc(-c2ccc(Cl)cc2)nc1SCC(=O)Nc1ccccc1-c1ccccc1. The highest BCUT2D eigenvalue weighted by Gasteiger charge is 2.18. The molecule has 0 saturated carbocycles. The first-order chi connectivity index (χ1) is 19.0. The van der Waals surface area contributed by atoms with E-state index in [1.165, 1.54) is 11.8 Å². The summed E-state index contributed by atoms with van der Waals surface area (Å²) in [6.45, 7) is 0. The van der Waals surface area contributed by atoms with Gasteiger partial charge in [0, 0.05) is 32.4 Å². The number of thioether (sulfide) groups is 1. The first kappa shape index (κ1) is 26.5. The number of benzene rings is 4. The maximum Gasteiger partial charge on any atom is 0.234 e. The van der Waals surface area contributed by atoms with Gasteiger partial charge in [0.15, 0.2) is 0 Å². The van der Waals surface area contributed by atoms with E-state index in [-0.39, 0.29) is 11.7 Å². The van der Waals surface area contributed by atoms with Gasteiger partial charge < -0.3 is 5.32 Å². The molecule has 1 aromatic heterocycles. The minimum Gasteiger partial charge on any atom is -0.325 e. The Balaban J connectivity index is 1.46. The molecule has 4 aromatic carbocycles. The second-order valence-electron chi connectivity index (χ2n) is 8.61. The summed E-state index contributed by atoms with van der Waals surface area (Å²) in [6, 6.07) is 36.4. The molecule has 0 bridgehead atoms. The van der Waals surface area contributed by atoms with Gasteiger partial charge in [-0.2, -0.15) is 5.26 Å². The van der Waals surface area contributed by atoms with Crippen molar-refractivity contribution in [1.29, 1.82) is 5.26 Å². The van der Waals surface area contributed by atoms with E-state index < -0.39 is 0 Å². The van der Waals surface area contributed by atoms with Gasteiger partial charge in [-0.25, -0.2) is 4.98 Å². The standard InChI is InChI=1S/C32H21Cl2N3OS/c33-24-14-10-22(11-15-24)27-18-30(23-12-16-25(34)17-13-23)37-32(28(27)19-35)39-20-31(38)36-29-9-5-4-8-26(29)21-6-2-1-3-7-21/h1-18H,20H2,(H,36,38). The van der Waals surface area contributed by atoms with Crippen molar-refractivity contribution in [1.82, 2.24) is 4.98 Å². The summed E-state index contributed by atoms with van der Waals surface area (Å²) >= 11 is 13.4. The van der Waals surface area contributed by atoms with Crippen molar-refractivity contribution in [3.63, 3.8) is 0 Å². The molecule has 0 aliphatic rings. The molecule has 0 saturated heterocycles. The van der Waals surface area contributed by atoms with Gasteiger partial charge in [-0.1, -0.05) is 108 Å². The highest BCUT2D eigenvalue weighted by Crippen LogP contribution is 2.35. The minimum atomic E-state index is -0.195. The van der Waals surface area contributed by atoms with Crippen LogP contribution in [0.3, 0.4) is 0 Å². The first-order valence-corrected chi connectivity index (χ1v) is 13.8. The van der Waals surface area contributed by atoms with Crippen molar-refractivity contribution in [2.45, 2.75) is 5.03 Å². The summed E-state index contributed by atoms with van der Waals surface area (Å²) in [7, 11) is 0. The molecule has 7 heteroatoms. The quantitative estimate of drug-likeness (QED) is 0.200. The highest BCUT2D eigenvalue weighted by molar-refractivity contribution is 8.00. The van der Waals surface area contributed by atoms with Crippen molar-refractivity contribution in [2.24, 2.45) is 0 Å². The lowest BCUT2D eigenvalue weighted by atomic mass is 9.99. The van der Waals surface area contributed by atoms with Crippen LogP contribution < -0.4 is 5.32 Å². The van der Waals surface area contributed by atoms with E-state index in [1.807, 2.05) is 84.9 Å². The Hall–Kier alpha value is -4.08. The van der Waals surface area contributed by atoms with E-state index in [0.717, 1.165) is 27.9 Å². The Labute approximate surface area is 241 Å². The number of pyridine rings is 1. The number of carbonyl (C=O) groups excluding carboxylic acids is 1. The van der Waals surface area contributed by atoms with Crippen LogP contribution in [-0.4, -0.2) is 16.6 Å². The number of hydrogen-bond donors (Lipinski definition) is 1. The van der Waals surface area contributed by atoms with Crippen LogP contribution in [0.2, 0.25) is 10.0 Å². The van der Waals surface area contributed by atoms with Crippen LogP contribution in [0.4, 0.5) is 5.69 Å². The van der Waals surface area contributed by atoms with Gasteiger partial charge in [0.1, 0.15) is 11.1 Å². The topological polar surface area (TPSA) is 65.8 Å². The maximum absolute atomic E-state index is 13.1. The zero-order chi connectivity index (χ0) is 27.2. The van der Waals surface area contributed by atoms with E-state index in [4.69, 9.17) is 28.2 Å². The molecule has 5 aromatic rings. The number of halogens is 2. The number of aromatic nitrogens is 1. The van der Waals surface area contributed by atoms with E-state index in [9.17, 15) is 10.1 Å². The van der Waals surface area contributed by atoms with Crippen molar-refractivity contribution >= 4 is 46.6 Å². The van der Waals surface area contributed by atoms with Crippen molar-refractivity contribution in [2.75, 3.05) is 11.1 Å². The van der Waals surface area contributed by atoms with Crippen LogP contribution in [0.15, 0.2) is 114 Å². The predicted molar refractivity (Wildman–Crippen MR) is 161 cm³/mol. The van der Waals surface area contributed by atoms with Gasteiger partial charge in [0.2, 0.25) is 5.91 Å². The lowest BCUT2D eigenvalue weighted by Crippen LogP contribution is -2.15. The molecule has 0 atom stereocenters. The lowest BCUT2D eigenvalue weighted by Gasteiger charge is -2.14. The fourth-order valence-electron chi connectivity index (χ4n) is 4.14. The zero-order valence-corrected chi connectivity index (χ0v) is 22.9. The number of nitrogens with zero attached hydrogens (tertiary/aromatic N) is 2. The molecular weight excluding hydrogens is 545 g/mol. The minimum absolute atomic E-state index is 0.0783. The Bertz CT molecular complexity index is 1670. The van der Waals surface area contributed by atoms with E-state index >= 15 is 0 Å². The largest absolute Gasteiger partial charge is 0.325 e. The Morgan fingerprint density at radius 1 is 0.769 bits per heavy atom.